The Labute approximate surface area is 101 Å². The Morgan fingerprint density at radius 2 is 1.82 bits per heavy atom. The number of carbonyl (C=O) groups is 2. The summed E-state index contributed by atoms with van der Waals surface area (Å²) in [7, 11) is 0. The van der Waals surface area contributed by atoms with Crippen molar-refractivity contribution >= 4 is 17.8 Å². The minimum atomic E-state index is -0.360. The average molecular weight is 232 g/mol. The molecule has 3 nitrogen and oxygen atoms in total. The minimum absolute atomic E-state index is 0.117. The van der Waals surface area contributed by atoms with Crippen LogP contribution in [0.2, 0.25) is 0 Å². The van der Waals surface area contributed by atoms with Crippen LogP contribution in [-0.4, -0.2) is 18.4 Å². The van der Waals surface area contributed by atoms with Gasteiger partial charge in [-0.15, -0.1) is 0 Å². The van der Waals surface area contributed by atoms with Gasteiger partial charge in [0.05, 0.1) is 6.61 Å². The molecule has 17 heavy (non-hydrogen) atoms. The summed E-state index contributed by atoms with van der Waals surface area (Å²) in [5.74, 6) is -0.243. The second-order valence-electron chi connectivity index (χ2n) is 3.48. The lowest BCUT2D eigenvalue weighted by molar-refractivity contribution is -0.137. The highest BCUT2D eigenvalue weighted by Crippen LogP contribution is 2.08. The highest BCUT2D eigenvalue weighted by Gasteiger charge is 2.01. The van der Waals surface area contributed by atoms with Crippen LogP contribution >= 0.6 is 0 Å². The highest BCUT2D eigenvalue weighted by atomic mass is 16.5. The van der Waals surface area contributed by atoms with Crippen molar-refractivity contribution in [1.82, 2.24) is 0 Å². The Morgan fingerprint density at radius 3 is 2.35 bits per heavy atom. The number of ether oxygens (including phenoxy) is 1. The predicted octanol–water partition coefficient (Wildman–Crippen LogP) is 2.86. The van der Waals surface area contributed by atoms with Gasteiger partial charge in [0.15, 0.2) is 5.78 Å². The summed E-state index contributed by atoms with van der Waals surface area (Å²) in [4.78, 5) is 22.5. The molecule has 0 saturated carbocycles. The summed E-state index contributed by atoms with van der Waals surface area (Å²) < 4.78 is 4.76. The number of hydrogen-bond donors (Lipinski definition) is 0. The van der Waals surface area contributed by atoms with Gasteiger partial charge in [0.25, 0.3) is 0 Å². The molecule has 0 saturated heterocycles. The molecule has 0 amide bonds. The van der Waals surface area contributed by atoms with Crippen molar-refractivity contribution in [3.63, 3.8) is 0 Å². The topological polar surface area (TPSA) is 43.4 Å². The monoisotopic (exact) mass is 232 g/mol. The maximum Gasteiger partial charge on any atom is 0.330 e. The molecule has 0 heterocycles. The first-order valence-corrected chi connectivity index (χ1v) is 5.65. The lowest BCUT2D eigenvalue weighted by Crippen LogP contribution is -1.98. The van der Waals surface area contributed by atoms with Crippen molar-refractivity contribution in [1.29, 1.82) is 0 Å². The fraction of sp³-hybridized carbons (Fsp3) is 0.286. The van der Waals surface area contributed by atoms with Gasteiger partial charge in [0.2, 0.25) is 0 Å². The average Bonchev–Trinajstić information content (AvgIpc) is 2.36. The molecule has 0 atom stereocenters. The van der Waals surface area contributed by atoms with Crippen LogP contribution in [0.5, 0.6) is 0 Å². The van der Waals surface area contributed by atoms with Crippen molar-refractivity contribution in [2.45, 2.75) is 20.3 Å². The lowest BCUT2D eigenvalue weighted by atomic mass is 10.1. The number of Topliss-reactive ketones (excluding diaryl/α,β-unsaturated/α-hetero) is 1. The van der Waals surface area contributed by atoms with Crippen LogP contribution < -0.4 is 0 Å². The SMILES string of the molecule is CCOC(=O)/C=C/c1ccc(C(=O)CC)cc1. The van der Waals surface area contributed by atoms with E-state index in [-0.39, 0.29) is 11.8 Å². The molecule has 1 rings (SSSR count). The molecular formula is C14H16O3. The molecule has 0 unspecified atom stereocenters. The number of esters is 1. The smallest absolute Gasteiger partial charge is 0.330 e. The van der Waals surface area contributed by atoms with E-state index >= 15 is 0 Å². The summed E-state index contributed by atoms with van der Waals surface area (Å²) >= 11 is 0. The molecule has 0 radical (unpaired) electrons. The molecule has 0 aliphatic carbocycles. The highest BCUT2D eigenvalue weighted by molar-refractivity contribution is 5.96. The van der Waals surface area contributed by atoms with Gasteiger partial charge in [-0.1, -0.05) is 31.2 Å². The normalized spacial score (nSPS) is 10.5. The minimum Gasteiger partial charge on any atom is -0.463 e. The zero-order chi connectivity index (χ0) is 12.7. The Bertz CT molecular complexity index is 416. The summed E-state index contributed by atoms with van der Waals surface area (Å²) in [5, 5.41) is 0. The summed E-state index contributed by atoms with van der Waals surface area (Å²) in [6.07, 6.45) is 3.54. The molecule has 0 aliphatic rings. The van der Waals surface area contributed by atoms with Gasteiger partial charge >= 0.3 is 5.97 Å². The van der Waals surface area contributed by atoms with E-state index in [9.17, 15) is 9.59 Å². The first kappa shape index (κ1) is 13.2. The maximum absolute atomic E-state index is 11.4. The van der Waals surface area contributed by atoms with Crippen LogP contribution in [0.4, 0.5) is 0 Å². The van der Waals surface area contributed by atoms with Crippen molar-refractivity contribution in [2.75, 3.05) is 6.61 Å². The number of ketones is 1. The number of carbonyl (C=O) groups excluding carboxylic acids is 2. The standard InChI is InChI=1S/C14H16O3/c1-3-13(15)12-8-5-11(6-9-12)7-10-14(16)17-4-2/h5-10H,3-4H2,1-2H3/b10-7+. The van der Waals surface area contributed by atoms with Crippen LogP contribution in [-0.2, 0) is 9.53 Å². The van der Waals surface area contributed by atoms with Gasteiger partial charge in [-0.05, 0) is 18.6 Å². The van der Waals surface area contributed by atoms with E-state index in [1.165, 1.54) is 6.08 Å². The first-order valence-electron chi connectivity index (χ1n) is 5.65. The van der Waals surface area contributed by atoms with Gasteiger partial charge < -0.3 is 4.74 Å². The Morgan fingerprint density at radius 1 is 1.18 bits per heavy atom. The Hall–Kier alpha value is -1.90. The molecule has 0 bridgehead atoms. The largest absolute Gasteiger partial charge is 0.463 e. The van der Waals surface area contributed by atoms with E-state index in [1.807, 2.05) is 6.92 Å². The molecule has 0 N–H and O–H groups in total. The van der Waals surface area contributed by atoms with Gasteiger partial charge in [-0.2, -0.15) is 0 Å². The number of rotatable bonds is 5. The van der Waals surface area contributed by atoms with E-state index in [4.69, 9.17) is 4.74 Å². The van der Waals surface area contributed by atoms with E-state index < -0.39 is 0 Å². The second-order valence-corrected chi connectivity index (χ2v) is 3.48. The van der Waals surface area contributed by atoms with Gasteiger partial charge in [0.1, 0.15) is 0 Å². The van der Waals surface area contributed by atoms with Crippen molar-refractivity contribution < 1.29 is 14.3 Å². The van der Waals surface area contributed by atoms with E-state index in [2.05, 4.69) is 0 Å². The Balaban J connectivity index is 2.68. The van der Waals surface area contributed by atoms with Gasteiger partial charge in [-0.25, -0.2) is 4.79 Å². The van der Waals surface area contributed by atoms with Crippen LogP contribution in [0.25, 0.3) is 6.08 Å². The van der Waals surface area contributed by atoms with E-state index in [1.54, 1.807) is 37.3 Å². The number of hydrogen-bond acceptors (Lipinski definition) is 3. The third-order valence-corrected chi connectivity index (χ3v) is 2.25. The fourth-order valence-corrected chi connectivity index (χ4v) is 1.34. The molecule has 1 aromatic carbocycles. The van der Waals surface area contributed by atoms with E-state index in [0.717, 1.165) is 5.56 Å². The van der Waals surface area contributed by atoms with Crippen molar-refractivity contribution in [3.05, 3.63) is 41.5 Å². The molecule has 0 spiro atoms. The van der Waals surface area contributed by atoms with E-state index in [0.29, 0.717) is 18.6 Å². The zero-order valence-corrected chi connectivity index (χ0v) is 10.1. The summed E-state index contributed by atoms with van der Waals surface area (Å²) in [5.41, 5.74) is 1.56. The molecule has 1 aromatic rings. The van der Waals surface area contributed by atoms with Gasteiger partial charge in [-0.3, -0.25) is 4.79 Å². The van der Waals surface area contributed by atoms with Crippen molar-refractivity contribution in [3.8, 4) is 0 Å². The molecular weight excluding hydrogens is 216 g/mol. The summed E-state index contributed by atoms with van der Waals surface area (Å²) in [6, 6.07) is 7.13. The fourth-order valence-electron chi connectivity index (χ4n) is 1.34. The van der Waals surface area contributed by atoms with Gasteiger partial charge in [0, 0.05) is 18.1 Å². The third-order valence-electron chi connectivity index (χ3n) is 2.25. The lowest BCUT2D eigenvalue weighted by Gasteiger charge is -1.99. The zero-order valence-electron chi connectivity index (χ0n) is 10.1. The van der Waals surface area contributed by atoms with Crippen molar-refractivity contribution in [2.24, 2.45) is 0 Å². The first-order chi connectivity index (χ1) is 8.17. The van der Waals surface area contributed by atoms with Crippen LogP contribution in [0.1, 0.15) is 36.2 Å². The van der Waals surface area contributed by atoms with Crippen LogP contribution in [0.15, 0.2) is 30.3 Å². The molecule has 0 aliphatic heterocycles. The Kier molecular flexibility index (Phi) is 5.14. The molecule has 0 fully saturated rings. The maximum atomic E-state index is 11.4. The number of benzene rings is 1. The van der Waals surface area contributed by atoms with Crippen LogP contribution in [0, 0.1) is 0 Å². The third kappa shape index (κ3) is 4.23. The molecule has 3 heteroatoms. The second kappa shape index (κ2) is 6.63. The quantitative estimate of drug-likeness (QED) is 0.445. The summed E-state index contributed by atoms with van der Waals surface area (Å²) in [6.45, 7) is 3.96. The van der Waals surface area contributed by atoms with Crippen LogP contribution in [0.3, 0.4) is 0 Å². The molecule has 0 aromatic heterocycles. The predicted molar refractivity (Wildman–Crippen MR) is 66.7 cm³/mol. The molecule has 90 valence electrons.